The van der Waals surface area contributed by atoms with Crippen molar-refractivity contribution in [1.29, 1.82) is 0 Å². The van der Waals surface area contributed by atoms with Gasteiger partial charge in [-0.2, -0.15) is 0 Å². The van der Waals surface area contributed by atoms with E-state index in [0.717, 1.165) is 16.4 Å². The summed E-state index contributed by atoms with van der Waals surface area (Å²) in [7, 11) is -2.99. The molecule has 0 aliphatic rings. The molecule has 2 N–H and O–H groups in total. The molecule has 10 nitrogen and oxygen atoms in total. The minimum atomic E-state index is -4.43. The van der Waals surface area contributed by atoms with Crippen LogP contribution in [0.3, 0.4) is 0 Å². The highest BCUT2D eigenvalue weighted by atomic mass is 32.2. The van der Waals surface area contributed by atoms with E-state index in [0.29, 0.717) is 11.4 Å². The lowest BCUT2D eigenvalue weighted by Gasteiger charge is -2.24. The number of sulfonamides is 1. The lowest BCUT2D eigenvalue weighted by molar-refractivity contribution is -0.387. The number of carbonyl (C=O) groups is 1. The molecule has 0 saturated heterocycles. The number of hydrogen-bond acceptors (Lipinski definition) is 7. The van der Waals surface area contributed by atoms with Crippen molar-refractivity contribution in [3.63, 3.8) is 0 Å². The number of anilines is 2. The third-order valence-corrected chi connectivity index (χ3v) is 6.16. The van der Waals surface area contributed by atoms with Gasteiger partial charge in [-0.25, -0.2) is 8.42 Å². The standard InChI is InChI=1S/C21H19N3O6S.C2H6O/c1-30-19-13-7-5-11-17(19)22-21(25)15-23(16-9-3-2-4-10-16)31(28,29)20-14-8-6-12-18(20)24(26)27;1-2-3/h2-14H,15H2,1H3,(H,22,25);3H,2H2,1H3. The Labute approximate surface area is 197 Å². The average molecular weight is 488 g/mol. The molecule has 0 heterocycles. The van der Waals surface area contributed by atoms with Crippen LogP contribution in [0, 0.1) is 10.1 Å². The zero-order valence-corrected chi connectivity index (χ0v) is 19.4. The van der Waals surface area contributed by atoms with Crippen molar-refractivity contribution in [3.8, 4) is 5.75 Å². The molecule has 0 aliphatic carbocycles. The first-order valence-corrected chi connectivity index (χ1v) is 11.5. The number of aliphatic hydroxyl groups is 1. The number of nitro benzene ring substituents is 1. The van der Waals surface area contributed by atoms with Gasteiger partial charge in [0.1, 0.15) is 12.3 Å². The number of hydrogen-bond donors (Lipinski definition) is 2. The SMILES string of the molecule is CCO.COc1ccccc1NC(=O)CN(c1ccccc1)S(=O)(=O)c1ccccc1[N+](=O)[O-]. The Kier molecular flexibility index (Phi) is 9.53. The number of methoxy groups -OCH3 is 1. The third kappa shape index (κ3) is 6.53. The van der Waals surface area contributed by atoms with E-state index >= 15 is 0 Å². The summed E-state index contributed by atoms with van der Waals surface area (Å²) < 4.78 is 32.8. The summed E-state index contributed by atoms with van der Waals surface area (Å²) in [5, 5.41) is 21.6. The van der Waals surface area contributed by atoms with E-state index in [1.54, 1.807) is 49.4 Å². The minimum absolute atomic E-state index is 0.191. The van der Waals surface area contributed by atoms with Gasteiger partial charge in [0.25, 0.3) is 15.7 Å². The van der Waals surface area contributed by atoms with Crippen molar-refractivity contribution < 1.29 is 28.0 Å². The molecule has 0 radical (unpaired) electrons. The number of rotatable bonds is 8. The number of carbonyl (C=O) groups excluding carboxylic acids is 1. The summed E-state index contributed by atoms with van der Waals surface area (Å²) in [6.07, 6.45) is 0. The van der Waals surface area contributed by atoms with Gasteiger partial charge in [0.2, 0.25) is 5.91 Å². The number of benzene rings is 3. The molecule has 180 valence electrons. The van der Waals surface area contributed by atoms with Crippen LogP contribution >= 0.6 is 0 Å². The van der Waals surface area contributed by atoms with Gasteiger partial charge in [0.15, 0.2) is 4.90 Å². The number of para-hydroxylation sites is 4. The molecular formula is C23H25N3O7S. The van der Waals surface area contributed by atoms with E-state index in [1.807, 2.05) is 0 Å². The molecule has 0 aliphatic heterocycles. The van der Waals surface area contributed by atoms with Crippen LogP contribution in [0.15, 0.2) is 83.8 Å². The van der Waals surface area contributed by atoms with Crippen LogP contribution in [0.1, 0.15) is 6.92 Å². The monoisotopic (exact) mass is 487 g/mol. The Morgan fingerprint density at radius 2 is 1.59 bits per heavy atom. The Morgan fingerprint density at radius 3 is 2.21 bits per heavy atom. The van der Waals surface area contributed by atoms with Crippen LogP contribution in [0.5, 0.6) is 5.75 Å². The number of aliphatic hydroxyl groups excluding tert-OH is 1. The first kappa shape index (κ1) is 26.3. The average Bonchev–Trinajstić information content (AvgIpc) is 2.84. The number of ether oxygens (including phenoxy) is 1. The molecule has 3 aromatic carbocycles. The number of nitrogens with zero attached hydrogens (tertiary/aromatic N) is 2. The maximum Gasteiger partial charge on any atom is 0.289 e. The van der Waals surface area contributed by atoms with E-state index in [9.17, 15) is 23.3 Å². The molecule has 0 saturated carbocycles. The molecular weight excluding hydrogens is 462 g/mol. The lowest BCUT2D eigenvalue weighted by Crippen LogP contribution is -2.38. The summed E-state index contributed by atoms with van der Waals surface area (Å²) >= 11 is 0. The predicted octanol–water partition coefficient (Wildman–Crippen LogP) is 3.44. The normalized spacial score (nSPS) is 10.4. The van der Waals surface area contributed by atoms with E-state index in [2.05, 4.69) is 5.32 Å². The van der Waals surface area contributed by atoms with Gasteiger partial charge in [-0.05, 0) is 37.3 Å². The molecule has 34 heavy (non-hydrogen) atoms. The quantitative estimate of drug-likeness (QED) is 0.366. The maximum atomic E-state index is 13.4. The Bertz CT molecular complexity index is 1220. The third-order valence-electron chi connectivity index (χ3n) is 4.34. The second kappa shape index (κ2) is 12.3. The molecule has 3 aromatic rings. The van der Waals surface area contributed by atoms with Crippen LogP contribution in [0.25, 0.3) is 0 Å². The Morgan fingerprint density at radius 1 is 1.03 bits per heavy atom. The van der Waals surface area contributed by atoms with Gasteiger partial charge in [-0.15, -0.1) is 0 Å². The smallest absolute Gasteiger partial charge is 0.289 e. The second-order valence-corrected chi connectivity index (χ2v) is 8.47. The molecule has 3 rings (SSSR count). The fourth-order valence-corrected chi connectivity index (χ4v) is 4.50. The van der Waals surface area contributed by atoms with E-state index in [1.165, 1.54) is 31.4 Å². The zero-order chi connectivity index (χ0) is 25.1. The first-order valence-electron chi connectivity index (χ1n) is 10.1. The van der Waals surface area contributed by atoms with Crippen LogP contribution in [-0.2, 0) is 14.8 Å². The lowest BCUT2D eigenvalue weighted by atomic mass is 10.3. The highest BCUT2D eigenvalue weighted by Gasteiger charge is 2.33. The highest BCUT2D eigenvalue weighted by molar-refractivity contribution is 7.93. The highest BCUT2D eigenvalue weighted by Crippen LogP contribution is 2.30. The molecule has 11 heteroatoms. The molecule has 0 fully saturated rings. The second-order valence-electron chi connectivity index (χ2n) is 6.64. The Hall–Kier alpha value is -3.96. The van der Waals surface area contributed by atoms with Crippen LogP contribution in [0.2, 0.25) is 0 Å². The predicted molar refractivity (Wildman–Crippen MR) is 128 cm³/mol. The summed E-state index contributed by atoms with van der Waals surface area (Å²) in [6, 6.07) is 19.6. The summed E-state index contributed by atoms with van der Waals surface area (Å²) in [5.41, 5.74) is -0.0181. The van der Waals surface area contributed by atoms with Gasteiger partial charge in [0, 0.05) is 12.7 Å². The van der Waals surface area contributed by atoms with Crippen molar-refractivity contribution >= 4 is 33.0 Å². The van der Waals surface area contributed by atoms with Crippen molar-refractivity contribution in [3.05, 3.63) is 89.0 Å². The van der Waals surface area contributed by atoms with E-state index < -0.39 is 38.0 Å². The van der Waals surface area contributed by atoms with Crippen molar-refractivity contribution in [1.82, 2.24) is 0 Å². The molecule has 0 atom stereocenters. The van der Waals surface area contributed by atoms with Crippen molar-refractivity contribution in [2.75, 3.05) is 29.9 Å². The molecule has 0 unspecified atom stereocenters. The summed E-state index contributed by atoms with van der Waals surface area (Å²) in [6.45, 7) is 1.33. The number of nitrogens with one attached hydrogen (secondary N) is 1. The Balaban J connectivity index is 0.00000129. The van der Waals surface area contributed by atoms with Crippen LogP contribution in [0.4, 0.5) is 17.1 Å². The van der Waals surface area contributed by atoms with Gasteiger partial charge < -0.3 is 15.2 Å². The van der Waals surface area contributed by atoms with Gasteiger partial charge >= 0.3 is 0 Å². The van der Waals surface area contributed by atoms with Crippen molar-refractivity contribution in [2.45, 2.75) is 11.8 Å². The zero-order valence-electron chi connectivity index (χ0n) is 18.6. The number of nitro groups is 1. The fraction of sp³-hybridized carbons (Fsp3) is 0.174. The number of amides is 1. The summed E-state index contributed by atoms with van der Waals surface area (Å²) in [5.74, 6) is -0.237. The first-order chi connectivity index (χ1) is 16.3. The van der Waals surface area contributed by atoms with Gasteiger partial charge in [-0.1, -0.05) is 42.5 Å². The van der Waals surface area contributed by atoms with E-state index in [4.69, 9.17) is 9.84 Å². The summed E-state index contributed by atoms with van der Waals surface area (Å²) in [4.78, 5) is 22.9. The van der Waals surface area contributed by atoms with Crippen molar-refractivity contribution in [2.24, 2.45) is 0 Å². The van der Waals surface area contributed by atoms with Crippen LogP contribution < -0.4 is 14.4 Å². The van der Waals surface area contributed by atoms with E-state index in [-0.39, 0.29) is 12.3 Å². The fourth-order valence-electron chi connectivity index (χ4n) is 2.92. The molecule has 1 amide bonds. The van der Waals surface area contributed by atoms with Crippen LogP contribution in [-0.4, -0.2) is 44.6 Å². The van der Waals surface area contributed by atoms with Gasteiger partial charge in [0.05, 0.1) is 23.4 Å². The topological polar surface area (TPSA) is 139 Å². The molecule has 0 spiro atoms. The van der Waals surface area contributed by atoms with Gasteiger partial charge in [-0.3, -0.25) is 19.2 Å². The molecule has 0 bridgehead atoms. The maximum absolute atomic E-state index is 13.4. The molecule has 0 aromatic heterocycles. The largest absolute Gasteiger partial charge is 0.495 e. The minimum Gasteiger partial charge on any atom is -0.495 e.